The van der Waals surface area contributed by atoms with Crippen LogP contribution in [0.1, 0.15) is 44.9 Å². The molecule has 1 aliphatic heterocycles. The molecule has 1 amide bonds. The minimum absolute atomic E-state index is 0.0338. The molecule has 3 rings (SSSR count). The van der Waals surface area contributed by atoms with E-state index < -0.39 is 5.60 Å². The molecule has 0 radical (unpaired) electrons. The Labute approximate surface area is 137 Å². The molecule has 0 fully saturated rings. The van der Waals surface area contributed by atoms with E-state index >= 15 is 0 Å². The molecule has 120 valence electrons. The molecule has 3 heteroatoms. The lowest BCUT2D eigenvalue weighted by Crippen LogP contribution is -2.37. The van der Waals surface area contributed by atoms with Gasteiger partial charge in [0.1, 0.15) is 5.60 Å². The highest BCUT2D eigenvalue weighted by atomic mass is 16.6. The molecule has 0 aliphatic carbocycles. The van der Waals surface area contributed by atoms with Crippen LogP contribution in [-0.4, -0.2) is 16.6 Å². The highest BCUT2D eigenvalue weighted by molar-refractivity contribution is 5.76. The number of amides is 1. The number of carbonyl (C=O) groups is 1. The van der Waals surface area contributed by atoms with Gasteiger partial charge in [-0.15, -0.1) is 0 Å². The number of nitrogens with zero attached hydrogens (tertiary/aromatic N) is 1. The number of rotatable bonds is 0. The molecule has 1 atom stereocenters. The number of carbonyl (C=O) groups excluding carboxylic acids is 1. The number of hydrogen-bond donors (Lipinski definition) is 0. The van der Waals surface area contributed by atoms with Gasteiger partial charge in [-0.2, -0.15) is 0 Å². The molecule has 2 aromatic carbocycles. The van der Waals surface area contributed by atoms with Crippen LogP contribution in [0.15, 0.2) is 48.5 Å². The van der Waals surface area contributed by atoms with Gasteiger partial charge in [0.05, 0.1) is 12.6 Å². The van der Waals surface area contributed by atoms with Crippen molar-refractivity contribution < 1.29 is 9.53 Å². The normalized spacial score (nSPS) is 17.0. The highest BCUT2D eigenvalue weighted by Crippen LogP contribution is 2.38. The van der Waals surface area contributed by atoms with Gasteiger partial charge in [0.2, 0.25) is 0 Å². The third-order valence-corrected chi connectivity index (χ3v) is 4.15. The average molecular weight is 309 g/mol. The summed E-state index contributed by atoms with van der Waals surface area (Å²) in [6, 6.07) is 16.5. The molecule has 1 heterocycles. The van der Waals surface area contributed by atoms with E-state index in [1.165, 1.54) is 11.1 Å². The molecule has 0 saturated carbocycles. The summed E-state index contributed by atoms with van der Waals surface area (Å²) in [7, 11) is 0. The lowest BCUT2D eigenvalue weighted by molar-refractivity contribution is 0.0156. The van der Waals surface area contributed by atoms with Crippen LogP contribution in [0.5, 0.6) is 0 Å². The van der Waals surface area contributed by atoms with Crippen molar-refractivity contribution in [1.29, 1.82) is 0 Å². The van der Waals surface area contributed by atoms with Crippen molar-refractivity contribution in [3.8, 4) is 11.1 Å². The molecule has 0 saturated heterocycles. The maximum absolute atomic E-state index is 12.7. The first-order chi connectivity index (χ1) is 10.9. The van der Waals surface area contributed by atoms with Crippen LogP contribution in [0.25, 0.3) is 11.1 Å². The monoisotopic (exact) mass is 309 g/mol. The van der Waals surface area contributed by atoms with Gasteiger partial charge in [-0.05, 0) is 49.9 Å². The molecule has 0 spiro atoms. The first-order valence-electron chi connectivity index (χ1n) is 8.03. The van der Waals surface area contributed by atoms with Gasteiger partial charge in [0.25, 0.3) is 0 Å². The SMILES string of the molecule is C[C@H]1c2ccccc2-c2ccccc2CN1C(=O)OC(C)(C)C. The second-order valence-corrected chi connectivity index (χ2v) is 7.03. The van der Waals surface area contributed by atoms with Gasteiger partial charge in [-0.3, -0.25) is 4.90 Å². The summed E-state index contributed by atoms with van der Waals surface area (Å²) >= 11 is 0. The molecular weight excluding hydrogens is 286 g/mol. The molecule has 0 aromatic heterocycles. The van der Waals surface area contributed by atoms with Crippen LogP contribution in [0.4, 0.5) is 4.79 Å². The van der Waals surface area contributed by atoms with Crippen LogP contribution < -0.4 is 0 Å². The van der Waals surface area contributed by atoms with E-state index in [0.29, 0.717) is 6.54 Å². The molecule has 2 aromatic rings. The first kappa shape index (κ1) is 15.6. The Morgan fingerprint density at radius 1 is 1.04 bits per heavy atom. The predicted molar refractivity (Wildman–Crippen MR) is 92.1 cm³/mol. The van der Waals surface area contributed by atoms with Crippen LogP contribution in [-0.2, 0) is 11.3 Å². The van der Waals surface area contributed by atoms with Gasteiger partial charge in [0, 0.05) is 0 Å². The fourth-order valence-electron chi connectivity index (χ4n) is 3.06. The number of ether oxygens (including phenoxy) is 1. The van der Waals surface area contributed by atoms with Crippen LogP contribution in [0, 0.1) is 0 Å². The van der Waals surface area contributed by atoms with Crippen molar-refractivity contribution in [2.45, 2.75) is 45.9 Å². The number of benzene rings is 2. The summed E-state index contributed by atoms with van der Waals surface area (Å²) in [5.74, 6) is 0. The standard InChI is InChI=1S/C20H23NO2/c1-14-16-10-7-8-12-18(16)17-11-6-5-9-15(17)13-21(14)19(22)23-20(2,3)4/h5-12,14H,13H2,1-4H3/t14-/m0/s1. The third-order valence-electron chi connectivity index (χ3n) is 4.15. The van der Waals surface area contributed by atoms with Crippen LogP contribution in [0.3, 0.4) is 0 Å². The van der Waals surface area contributed by atoms with E-state index in [2.05, 4.69) is 31.2 Å². The molecule has 1 aliphatic rings. The Balaban J connectivity index is 2.08. The molecule has 3 nitrogen and oxygen atoms in total. The summed E-state index contributed by atoms with van der Waals surface area (Å²) < 4.78 is 5.62. The largest absolute Gasteiger partial charge is 0.444 e. The topological polar surface area (TPSA) is 29.5 Å². The summed E-state index contributed by atoms with van der Waals surface area (Å²) in [5, 5.41) is 0. The number of fused-ring (bicyclic) bond motifs is 3. The van der Waals surface area contributed by atoms with Gasteiger partial charge < -0.3 is 4.74 Å². The van der Waals surface area contributed by atoms with E-state index in [1.54, 1.807) is 0 Å². The van der Waals surface area contributed by atoms with E-state index in [0.717, 1.165) is 11.1 Å². The summed E-state index contributed by atoms with van der Waals surface area (Å²) in [4.78, 5) is 14.5. The quantitative estimate of drug-likeness (QED) is 0.672. The molecule has 0 bridgehead atoms. The van der Waals surface area contributed by atoms with E-state index in [9.17, 15) is 4.79 Å². The molecule has 0 unspecified atom stereocenters. The fourth-order valence-corrected chi connectivity index (χ4v) is 3.06. The van der Waals surface area contributed by atoms with Crippen LogP contribution in [0.2, 0.25) is 0 Å². The van der Waals surface area contributed by atoms with Crippen molar-refractivity contribution >= 4 is 6.09 Å². The predicted octanol–water partition coefficient (Wildman–Crippen LogP) is 5.17. The second-order valence-electron chi connectivity index (χ2n) is 7.03. The fraction of sp³-hybridized carbons (Fsp3) is 0.350. The Morgan fingerprint density at radius 2 is 1.65 bits per heavy atom. The lowest BCUT2D eigenvalue weighted by Gasteiger charge is -2.31. The van der Waals surface area contributed by atoms with E-state index in [4.69, 9.17) is 4.74 Å². The Bertz CT molecular complexity index is 730. The zero-order chi connectivity index (χ0) is 16.6. The lowest BCUT2D eigenvalue weighted by atomic mass is 9.94. The highest BCUT2D eigenvalue weighted by Gasteiger charge is 2.31. The summed E-state index contributed by atoms with van der Waals surface area (Å²) in [6.07, 6.45) is -0.267. The Morgan fingerprint density at radius 3 is 2.35 bits per heavy atom. The zero-order valence-electron chi connectivity index (χ0n) is 14.2. The molecule has 23 heavy (non-hydrogen) atoms. The van der Waals surface area contributed by atoms with Gasteiger partial charge in [0.15, 0.2) is 0 Å². The van der Waals surface area contributed by atoms with Crippen molar-refractivity contribution in [3.05, 3.63) is 59.7 Å². The first-order valence-corrected chi connectivity index (χ1v) is 8.03. The third kappa shape index (κ3) is 3.09. The van der Waals surface area contributed by atoms with Gasteiger partial charge >= 0.3 is 6.09 Å². The summed E-state index contributed by atoms with van der Waals surface area (Å²) in [5.41, 5.74) is 4.20. The average Bonchev–Trinajstić information content (AvgIpc) is 2.62. The second kappa shape index (κ2) is 5.73. The van der Waals surface area contributed by atoms with Gasteiger partial charge in [-0.25, -0.2) is 4.79 Å². The maximum Gasteiger partial charge on any atom is 0.411 e. The minimum Gasteiger partial charge on any atom is -0.444 e. The minimum atomic E-state index is -0.498. The van der Waals surface area contributed by atoms with Crippen molar-refractivity contribution in [2.75, 3.05) is 0 Å². The maximum atomic E-state index is 12.7. The Hall–Kier alpha value is -2.29. The van der Waals surface area contributed by atoms with Crippen molar-refractivity contribution in [1.82, 2.24) is 4.90 Å². The van der Waals surface area contributed by atoms with E-state index in [1.807, 2.05) is 49.9 Å². The van der Waals surface area contributed by atoms with E-state index in [-0.39, 0.29) is 12.1 Å². The van der Waals surface area contributed by atoms with Crippen molar-refractivity contribution in [3.63, 3.8) is 0 Å². The summed E-state index contributed by atoms with van der Waals surface area (Å²) in [6.45, 7) is 8.31. The van der Waals surface area contributed by atoms with Gasteiger partial charge in [-0.1, -0.05) is 48.5 Å². The smallest absolute Gasteiger partial charge is 0.411 e. The molecule has 0 N–H and O–H groups in total. The van der Waals surface area contributed by atoms with Crippen LogP contribution >= 0.6 is 0 Å². The molecular formula is C20H23NO2. The number of hydrogen-bond acceptors (Lipinski definition) is 2. The Kier molecular flexibility index (Phi) is 3.88. The zero-order valence-corrected chi connectivity index (χ0v) is 14.2. The van der Waals surface area contributed by atoms with Crippen molar-refractivity contribution in [2.24, 2.45) is 0 Å².